The van der Waals surface area contributed by atoms with Crippen LogP contribution in [-0.2, 0) is 16.1 Å². The van der Waals surface area contributed by atoms with Crippen molar-refractivity contribution in [3.8, 4) is 11.5 Å². The van der Waals surface area contributed by atoms with Crippen LogP contribution in [0.25, 0.3) is 0 Å². The van der Waals surface area contributed by atoms with Crippen LogP contribution in [0.3, 0.4) is 0 Å². The Morgan fingerprint density at radius 1 is 1.00 bits per heavy atom. The summed E-state index contributed by atoms with van der Waals surface area (Å²) < 4.78 is 16.3. The van der Waals surface area contributed by atoms with Crippen LogP contribution in [0.2, 0.25) is 0 Å². The van der Waals surface area contributed by atoms with Crippen molar-refractivity contribution in [3.63, 3.8) is 0 Å². The van der Waals surface area contributed by atoms with Gasteiger partial charge in [0.05, 0.1) is 5.56 Å². The first-order valence-corrected chi connectivity index (χ1v) is 9.38. The van der Waals surface area contributed by atoms with Gasteiger partial charge in [-0.1, -0.05) is 12.1 Å². The molecule has 2 aromatic rings. The molecule has 0 aliphatic carbocycles. The van der Waals surface area contributed by atoms with Gasteiger partial charge >= 0.3 is 5.97 Å². The Kier molecular flexibility index (Phi) is 6.19. The van der Waals surface area contributed by atoms with Gasteiger partial charge in [0.15, 0.2) is 18.1 Å². The molecule has 0 unspecified atom stereocenters. The van der Waals surface area contributed by atoms with E-state index in [0.717, 1.165) is 16.7 Å². The highest BCUT2D eigenvalue weighted by atomic mass is 16.6. The summed E-state index contributed by atoms with van der Waals surface area (Å²) in [5, 5.41) is 0. The van der Waals surface area contributed by atoms with Crippen LogP contribution < -0.4 is 9.47 Å². The zero-order valence-corrected chi connectivity index (χ0v) is 16.5. The molecule has 0 saturated carbocycles. The van der Waals surface area contributed by atoms with E-state index in [1.165, 1.54) is 0 Å². The van der Waals surface area contributed by atoms with Crippen molar-refractivity contribution in [2.24, 2.45) is 0 Å². The second-order valence-electron chi connectivity index (χ2n) is 6.76. The molecule has 3 rings (SSSR count). The largest absolute Gasteiger partial charge is 0.486 e. The fourth-order valence-electron chi connectivity index (χ4n) is 2.95. The maximum Gasteiger partial charge on any atom is 0.338 e. The van der Waals surface area contributed by atoms with Gasteiger partial charge in [-0.05, 0) is 61.7 Å². The van der Waals surface area contributed by atoms with Crippen molar-refractivity contribution in [2.75, 3.05) is 26.4 Å². The van der Waals surface area contributed by atoms with Crippen LogP contribution >= 0.6 is 0 Å². The molecule has 1 aliphatic heterocycles. The lowest BCUT2D eigenvalue weighted by Gasteiger charge is -2.23. The van der Waals surface area contributed by atoms with Gasteiger partial charge in [0.1, 0.15) is 13.2 Å². The van der Waals surface area contributed by atoms with Crippen molar-refractivity contribution < 1.29 is 23.8 Å². The number of carbonyl (C=O) groups excluding carboxylic acids is 2. The Labute approximate surface area is 165 Å². The standard InChI is InChI=1S/C22H25NO5/c1-4-23(13-17-6-8-19-20(12-17)27-10-9-26-19)21(24)14-28-22(25)18-7-5-15(2)16(3)11-18/h5-8,11-12H,4,9-10,13-14H2,1-3H3. The average molecular weight is 383 g/mol. The number of esters is 1. The van der Waals surface area contributed by atoms with Gasteiger partial charge in [0, 0.05) is 13.1 Å². The van der Waals surface area contributed by atoms with Crippen molar-refractivity contribution in [2.45, 2.75) is 27.3 Å². The van der Waals surface area contributed by atoms with Gasteiger partial charge in [-0.2, -0.15) is 0 Å². The zero-order valence-electron chi connectivity index (χ0n) is 16.5. The van der Waals surface area contributed by atoms with E-state index < -0.39 is 5.97 Å². The van der Waals surface area contributed by atoms with E-state index in [1.807, 2.05) is 45.0 Å². The summed E-state index contributed by atoms with van der Waals surface area (Å²) in [5.74, 6) is 0.668. The van der Waals surface area contributed by atoms with Crippen LogP contribution in [0.5, 0.6) is 11.5 Å². The van der Waals surface area contributed by atoms with Gasteiger partial charge in [-0.15, -0.1) is 0 Å². The SMILES string of the molecule is CCN(Cc1ccc2c(c1)OCCO2)C(=O)COC(=O)c1ccc(C)c(C)c1. The Hall–Kier alpha value is -3.02. The number of likely N-dealkylation sites (N-methyl/N-ethyl adjacent to an activating group) is 1. The lowest BCUT2D eigenvalue weighted by atomic mass is 10.1. The van der Waals surface area contributed by atoms with Crippen molar-refractivity contribution in [3.05, 3.63) is 58.7 Å². The van der Waals surface area contributed by atoms with Gasteiger partial charge in [-0.3, -0.25) is 4.79 Å². The van der Waals surface area contributed by atoms with E-state index in [9.17, 15) is 9.59 Å². The number of aryl methyl sites for hydroxylation is 2. The van der Waals surface area contributed by atoms with Gasteiger partial charge < -0.3 is 19.1 Å². The average Bonchev–Trinajstić information content (AvgIpc) is 2.71. The molecule has 6 heteroatoms. The smallest absolute Gasteiger partial charge is 0.338 e. The van der Waals surface area contributed by atoms with Gasteiger partial charge in [0.2, 0.25) is 0 Å². The van der Waals surface area contributed by atoms with Crippen LogP contribution in [0.1, 0.15) is 34.0 Å². The van der Waals surface area contributed by atoms with E-state index in [-0.39, 0.29) is 12.5 Å². The summed E-state index contributed by atoms with van der Waals surface area (Å²) in [6.07, 6.45) is 0. The molecular weight excluding hydrogens is 358 g/mol. The number of hydrogen-bond acceptors (Lipinski definition) is 5. The molecule has 1 amide bonds. The van der Waals surface area contributed by atoms with Crippen LogP contribution in [0.15, 0.2) is 36.4 Å². The predicted molar refractivity (Wildman–Crippen MR) is 105 cm³/mol. The molecular formula is C22H25NO5. The van der Waals surface area contributed by atoms with Gasteiger partial charge in [-0.25, -0.2) is 4.79 Å². The summed E-state index contributed by atoms with van der Waals surface area (Å²) in [6.45, 7) is 7.49. The normalized spacial score (nSPS) is 12.4. The lowest BCUT2D eigenvalue weighted by Crippen LogP contribution is -2.34. The number of nitrogens with zero attached hydrogens (tertiary/aromatic N) is 1. The first kappa shape index (κ1) is 19.7. The Morgan fingerprint density at radius 2 is 1.75 bits per heavy atom. The molecule has 0 bridgehead atoms. The minimum absolute atomic E-state index is 0.241. The van der Waals surface area contributed by atoms with E-state index in [2.05, 4.69) is 0 Å². The number of rotatable bonds is 6. The molecule has 1 aliphatic rings. The minimum atomic E-state index is -0.494. The summed E-state index contributed by atoms with van der Waals surface area (Å²) in [7, 11) is 0. The summed E-state index contributed by atoms with van der Waals surface area (Å²) in [5.41, 5.74) is 3.49. The minimum Gasteiger partial charge on any atom is -0.486 e. The second kappa shape index (κ2) is 8.78. The quantitative estimate of drug-likeness (QED) is 0.717. The molecule has 28 heavy (non-hydrogen) atoms. The summed E-state index contributed by atoms with van der Waals surface area (Å²) in [6, 6.07) is 11.0. The fourth-order valence-corrected chi connectivity index (χ4v) is 2.95. The molecule has 6 nitrogen and oxygen atoms in total. The van der Waals surface area contributed by atoms with E-state index >= 15 is 0 Å². The third-order valence-corrected chi connectivity index (χ3v) is 4.78. The fraction of sp³-hybridized carbons (Fsp3) is 0.364. The third kappa shape index (κ3) is 4.63. The number of ether oxygens (including phenoxy) is 3. The molecule has 0 N–H and O–H groups in total. The first-order chi connectivity index (χ1) is 13.5. The van der Waals surface area contributed by atoms with Crippen molar-refractivity contribution >= 4 is 11.9 Å². The summed E-state index contributed by atoms with van der Waals surface area (Å²) >= 11 is 0. The molecule has 0 atom stereocenters. The highest BCUT2D eigenvalue weighted by Crippen LogP contribution is 2.31. The third-order valence-electron chi connectivity index (χ3n) is 4.78. The highest BCUT2D eigenvalue weighted by molar-refractivity contribution is 5.91. The summed E-state index contributed by atoms with van der Waals surface area (Å²) in [4.78, 5) is 26.4. The van der Waals surface area contributed by atoms with Crippen molar-refractivity contribution in [1.29, 1.82) is 0 Å². The predicted octanol–water partition coefficient (Wildman–Crippen LogP) is 3.28. The number of benzene rings is 2. The Morgan fingerprint density at radius 3 is 2.46 bits per heavy atom. The lowest BCUT2D eigenvalue weighted by molar-refractivity contribution is -0.134. The highest BCUT2D eigenvalue weighted by Gasteiger charge is 2.18. The molecule has 0 aromatic heterocycles. The molecule has 0 saturated heterocycles. The Balaban J connectivity index is 1.58. The van der Waals surface area contributed by atoms with E-state index in [1.54, 1.807) is 17.0 Å². The van der Waals surface area contributed by atoms with Crippen LogP contribution in [0.4, 0.5) is 0 Å². The molecule has 2 aromatic carbocycles. The van der Waals surface area contributed by atoms with Crippen molar-refractivity contribution in [1.82, 2.24) is 4.90 Å². The number of amides is 1. The maximum atomic E-state index is 12.5. The van der Waals surface area contributed by atoms with Crippen LogP contribution in [-0.4, -0.2) is 43.1 Å². The topological polar surface area (TPSA) is 65.1 Å². The molecule has 0 fully saturated rings. The second-order valence-corrected chi connectivity index (χ2v) is 6.76. The number of hydrogen-bond donors (Lipinski definition) is 0. The molecule has 0 radical (unpaired) electrons. The molecule has 0 spiro atoms. The Bertz CT molecular complexity index is 877. The van der Waals surface area contributed by atoms with Gasteiger partial charge in [0.25, 0.3) is 5.91 Å². The van der Waals surface area contributed by atoms with E-state index in [4.69, 9.17) is 14.2 Å². The van der Waals surface area contributed by atoms with E-state index in [0.29, 0.717) is 43.4 Å². The first-order valence-electron chi connectivity index (χ1n) is 9.38. The molecule has 148 valence electrons. The number of carbonyl (C=O) groups is 2. The number of fused-ring (bicyclic) bond motifs is 1. The molecule has 1 heterocycles. The van der Waals surface area contributed by atoms with Crippen LogP contribution in [0, 0.1) is 13.8 Å². The zero-order chi connectivity index (χ0) is 20.1. The monoisotopic (exact) mass is 383 g/mol. The maximum absolute atomic E-state index is 12.5.